The smallest absolute Gasteiger partial charge is 0.0960 e. The molecule has 0 saturated heterocycles. The van der Waals surface area contributed by atoms with Crippen LogP contribution in [-0.4, -0.2) is 19.6 Å². The highest BCUT2D eigenvalue weighted by Gasteiger charge is 2.35. The molecule has 4 nitrogen and oxygen atoms in total. The van der Waals surface area contributed by atoms with Crippen molar-refractivity contribution in [3.05, 3.63) is 46.8 Å². The van der Waals surface area contributed by atoms with Gasteiger partial charge in [0.2, 0.25) is 0 Å². The summed E-state index contributed by atoms with van der Waals surface area (Å²) in [5.74, 6) is 3.56. The molecule has 1 aromatic carbocycles. The summed E-state index contributed by atoms with van der Waals surface area (Å²) < 4.78 is 4.35. The zero-order valence-electron chi connectivity index (χ0n) is 22.4. The average molecular weight is 459 g/mol. The molecule has 0 unspecified atom stereocenters. The van der Waals surface area contributed by atoms with Crippen molar-refractivity contribution >= 4 is 0 Å². The molecule has 2 heterocycles. The zero-order valence-corrected chi connectivity index (χ0v) is 22.4. The van der Waals surface area contributed by atoms with E-state index >= 15 is 0 Å². The molecule has 0 N–H and O–H groups in total. The maximum Gasteiger partial charge on any atom is 0.0960 e. The molecule has 34 heavy (non-hydrogen) atoms. The van der Waals surface area contributed by atoms with Crippen LogP contribution in [0, 0.1) is 11.8 Å². The van der Waals surface area contributed by atoms with Gasteiger partial charge < -0.3 is 0 Å². The summed E-state index contributed by atoms with van der Waals surface area (Å²) in [6.07, 6.45) is 5.02. The van der Waals surface area contributed by atoms with Gasteiger partial charge in [-0.2, -0.15) is 10.2 Å². The number of fused-ring (bicyclic) bond motifs is 2. The van der Waals surface area contributed by atoms with Crippen molar-refractivity contribution in [2.24, 2.45) is 25.9 Å². The second-order valence-electron chi connectivity index (χ2n) is 11.8. The van der Waals surface area contributed by atoms with Crippen LogP contribution in [0.25, 0.3) is 22.5 Å². The van der Waals surface area contributed by atoms with Crippen molar-refractivity contribution < 1.29 is 0 Å². The predicted molar refractivity (Wildman–Crippen MR) is 141 cm³/mol. The molecule has 4 heteroatoms. The molecule has 0 amide bonds. The van der Waals surface area contributed by atoms with E-state index < -0.39 is 0 Å². The molecule has 2 aliphatic rings. The van der Waals surface area contributed by atoms with Gasteiger partial charge in [-0.15, -0.1) is 0 Å². The standard InChI is InChI=1S/C30H42N4/c1-17(2)23-14-12-19(5)25-27(31-33(7)29(23)25)21-10-9-11-22(16-21)28-26-20(6)13-15-24(18(3)4)30(26)34(8)32-28/h9-11,16-20,23-24H,12-15H2,1-8H3/t19-,20-,23+,24+/m1/s1. The number of nitrogens with zero attached hydrogens (tertiary/aromatic N) is 4. The minimum Gasteiger partial charge on any atom is -0.271 e. The molecule has 2 aromatic heterocycles. The minimum atomic E-state index is 0.548. The van der Waals surface area contributed by atoms with Crippen molar-refractivity contribution in [2.75, 3.05) is 0 Å². The number of aromatic nitrogens is 4. The van der Waals surface area contributed by atoms with Crippen molar-refractivity contribution in [1.82, 2.24) is 19.6 Å². The van der Waals surface area contributed by atoms with Gasteiger partial charge in [0.25, 0.3) is 0 Å². The summed E-state index contributed by atoms with van der Waals surface area (Å²) in [5, 5.41) is 10.2. The van der Waals surface area contributed by atoms with Gasteiger partial charge in [0, 0.05) is 59.6 Å². The molecule has 2 aliphatic carbocycles. The Balaban J connectivity index is 1.63. The molecule has 0 fully saturated rings. The van der Waals surface area contributed by atoms with Gasteiger partial charge >= 0.3 is 0 Å². The zero-order chi connectivity index (χ0) is 24.3. The first-order valence-corrected chi connectivity index (χ1v) is 13.4. The van der Waals surface area contributed by atoms with Crippen LogP contribution in [0.2, 0.25) is 0 Å². The third-order valence-corrected chi connectivity index (χ3v) is 8.79. The monoisotopic (exact) mass is 458 g/mol. The number of hydrogen-bond donors (Lipinski definition) is 0. The average Bonchev–Trinajstić information content (AvgIpc) is 3.33. The Hall–Kier alpha value is -2.36. The Morgan fingerprint density at radius 3 is 1.50 bits per heavy atom. The van der Waals surface area contributed by atoms with E-state index in [0.717, 1.165) is 0 Å². The molecule has 0 saturated carbocycles. The molecule has 3 aromatic rings. The van der Waals surface area contributed by atoms with E-state index in [1.165, 1.54) is 70.7 Å². The Morgan fingerprint density at radius 1 is 0.706 bits per heavy atom. The third kappa shape index (κ3) is 3.65. The minimum absolute atomic E-state index is 0.548. The molecule has 0 radical (unpaired) electrons. The lowest BCUT2D eigenvalue weighted by Crippen LogP contribution is -2.19. The van der Waals surface area contributed by atoms with Crippen molar-refractivity contribution in [3.8, 4) is 22.5 Å². The van der Waals surface area contributed by atoms with Gasteiger partial charge in [-0.3, -0.25) is 9.36 Å². The van der Waals surface area contributed by atoms with Crippen LogP contribution >= 0.6 is 0 Å². The normalized spacial score (nSPS) is 24.5. The van der Waals surface area contributed by atoms with Crippen LogP contribution in [-0.2, 0) is 14.1 Å². The lowest BCUT2D eigenvalue weighted by atomic mass is 9.74. The summed E-state index contributed by atoms with van der Waals surface area (Å²) >= 11 is 0. The van der Waals surface area contributed by atoms with E-state index in [2.05, 4.69) is 89.3 Å². The van der Waals surface area contributed by atoms with Crippen molar-refractivity contribution in [3.63, 3.8) is 0 Å². The Kier molecular flexibility index (Phi) is 5.98. The van der Waals surface area contributed by atoms with Gasteiger partial charge in [0.05, 0.1) is 11.4 Å². The fourth-order valence-electron chi connectivity index (χ4n) is 6.92. The van der Waals surface area contributed by atoms with E-state index in [1.807, 2.05) is 0 Å². The van der Waals surface area contributed by atoms with Crippen LogP contribution in [0.5, 0.6) is 0 Å². The van der Waals surface area contributed by atoms with Gasteiger partial charge in [-0.05, 0) is 55.4 Å². The second kappa shape index (κ2) is 8.70. The van der Waals surface area contributed by atoms with E-state index in [1.54, 1.807) is 0 Å². The highest BCUT2D eigenvalue weighted by Crippen LogP contribution is 2.48. The van der Waals surface area contributed by atoms with Crippen LogP contribution in [0.1, 0.15) is 113 Å². The molecule has 182 valence electrons. The van der Waals surface area contributed by atoms with Crippen LogP contribution in [0.4, 0.5) is 0 Å². The summed E-state index contributed by atoms with van der Waals surface area (Å²) in [4.78, 5) is 0. The maximum atomic E-state index is 5.11. The lowest BCUT2D eigenvalue weighted by molar-refractivity contribution is 0.390. The molecule has 0 spiro atoms. The van der Waals surface area contributed by atoms with Gasteiger partial charge in [-0.1, -0.05) is 59.7 Å². The van der Waals surface area contributed by atoms with Crippen molar-refractivity contribution in [1.29, 1.82) is 0 Å². The number of hydrogen-bond acceptors (Lipinski definition) is 2. The van der Waals surface area contributed by atoms with Crippen LogP contribution < -0.4 is 0 Å². The van der Waals surface area contributed by atoms with E-state index in [9.17, 15) is 0 Å². The second-order valence-corrected chi connectivity index (χ2v) is 11.8. The molecular weight excluding hydrogens is 416 g/mol. The number of rotatable bonds is 4. The molecule has 4 atom stereocenters. The maximum absolute atomic E-state index is 5.11. The van der Waals surface area contributed by atoms with Gasteiger partial charge in [-0.25, -0.2) is 0 Å². The molecular formula is C30H42N4. The first kappa shape index (κ1) is 23.4. The predicted octanol–water partition coefficient (Wildman–Crippen LogP) is 7.76. The van der Waals surface area contributed by atoms with Gasteiger partial charge in [0.15, 0.2) is 0 Å². The topological polar surface area (TPSA) is 35.6 Å². The van der Waals surface area contributed by atoms with Gasteiger partial charge in [0.1, 0.15) is 0 Å². The fourth-order valence-corrected chi connectivity index (χ4v) is 6.92. The SMILES string of the molecule is CC(C)[C@@H]1CC[C@@H](C)c2c(-c3cccc(-c4nn(C)c5c4[C@H](C)CC[C@H]5C(C)C)c3)nn(C)c21. The number of benzene rings is 1. The summed E-state index contributed by atoms with van der Waals surface area (Å²) in [7, 11) is 4.28. The van der Waals surface area contributed by atoms with E-state index in [-0.39, 0.29) is 0 Å². The first-order chi connectivity index (χ1) is 16.2. The highest BCUT2D eigenvalue weighted by molar-refractivity contribution is 5.74. The van der Waals surface area contributed by atoms with Crippen LogP contribution in [0.3, 0.4) is 0 Å². The Labute approximate surface area is 205 Å². The highest BCUT2D eigenvalue weighted by atomic mass is 15.3. The van der Waals surface area contributed by atoms with Crippen LogP contribution in [0.15, 0.2) is 24.3 Å². The third-order valence-electron chi connectivity index (χ3n) is 8.79. The van der Waals surface area contributed by atoms with E-state index in [0.29, 0.717) is 35.5 Å². The summed E-state index contributed by atoms with van der Waals surface area (Å²) in [6.45, 7) is 14.2. The Bertz CT molecular complexity index is 1110. The fraction of sp³-hybridized carbons (Fsp3) is 0.600. The molecule has 0 bridgehead atoms. The number of aryl methyl sites for hydroxylation is 2. The largest absolute Gasteiger partial charge is 0.271 e. The Morgan fingerprint density at radius 2 is 1.12 bits per heavy atom. The lowest BCUT2D eigenvalue weighted by Gasteiger charge is -2.30. The molecule has 5 rings (SSSR count). The van der Waals surface area contributed by atoms with E-state index in [4.69, 9.17) is 10.2 Å². The summed E-state index contributed by atoms with van der Waals surface area (Å²) in [5.41, 5.74) is 10.7. The first-order valence-electron chi connectivity index (χ1n) is 13.4. The van der Waals surface area contributed by atoms with Crippen molar-refractivity contribution in [2.45, 2.75) is 90.9 Å². The summed E-state index contributed by atoms with van der Waals surface area (Å²) in [6, 6.07) is 9.04. The molecule has 0 aliphatic heterocycles. The quantitative estimate of drug-likeness (QED) is 0.400.